The Bertz CT molecular complexity index is 1990. The molecular formula is C49H71BN4O9. The summed E-state index contributed by atoms with van der Waals surface area (Å²) in [5.41, 5.74) is 8.03. The molecule has 2 aromatic carbocycles. The lowest BCUT2D eigenvalue weighted by molar-refractivity contribution is 0.00578. The SMILES string of the molecule is CCN(c1cc(-c2ccc(CN3CCC(O)CC3)nc2)cc(C(=O)OC)c1C)C1CCOCC1.CCN(c1cc(B2OC(C)(C)C(C)(C)O2)cc(C(=O)OC)c1C)C1CCOCC1. The average molecular weight is 871 g/mol. The van der Waals surface area contributed by atoms with Crippen LogP contribution in [0, 0.1) is 13.8 Å². The van der Waals surface area contributed by atoms with Crippen LogP contribution in [-0.2, 0) is 34.8 Å². The number of rotatable bonds is 12. The van der Waals surface area contributed by atoms with Crippen molar-refractivity contribution >= 4 is 35.9 Å². The molecule has 344 valence electrons. The number of carbonyl (C=O) groups is 2. The standard InChI is InChI=1S/C27H37N3O4.C22H34BNO5/c1-4-30(23-9-13-34-14-10-23)26-16-21(15-25(19(26)2)27(32)33-3)20-5-6-22(28-17-20)18-29-11-7-24(31)8-12-29;1-8-24(17-9-11-27-12-10-17)19-14-16(13-18(15(19)2)20(25)26-7)23-28-21(3,4)22(5,6)29-23/h5-6,15-17,23-24,31H,4,7-14,18H2,1-3H3;13-14,17H,8-12H2,1-7H3. The highest BCUT2D eigenvalue weighted by atomic mass is 16.7. The number of aliphatic hydroxyl groups is 1. The molecule has 14 heteroatoms. The van der Waals surface area contributed by atoms with Crippen LogP contribution >= 0.6 is 0 Å². The molecule has 1 N–H and O–H groups in total. The molecule has 1 aromatic heterocycles. The first-order valence-electron chi connectivity index (χ1n) is 23.0. The molecule has 5 heterocycles. The number of hydrogen-bond acceptors (Lipinski definition) is 13. The highest BCUT2D eigenvalue weighted by Gasteiger charge is 2.52. The lowest BCUT2D eigenvalue weighted by atomic mass is 9.77. The van der Waals surface area contributed by atoms with E-state index in [9.17, 15) is 14.7 Å². The van der Waals surface area contributed by atoms with Crippen LogP contribution in [-0.4, -0.2) is 130 Å². The van der Waals surface area contributed by atoms with E-state index in [4.69, 9.17) is 33.2 Å². The second-order valence-electron chi connectivity index (χ2n) is 18.3. The highest BCUT2D eigenvalue weighted by molar-refractivity contribution is 6.62. The van der Waals surface area contributed by atoms with Gasteiger partial charge in [0.05, 0.1) is 48.3 Å². The summed E-state index contributed by atoms with van der Waals surface area (Å²) < 4.78 is 33.8. The third kappa shape index (κ3) is 11.3. The minimum atomic E-state index is -0.531. The molecule has 0 saturated carbocycles. The zero-order chi connectivity index (χ0) is 45.5. The number of carbonyl (C=O) groups excluding carboxylic acids is 2. The van der Waals surface area contributed by atoms with Crippen molar-refractivity contribution in [2.75, 3.05) is 76.6 Å². The Morgan fingerprint density at radius 2 is 1.24 bits per heavy atom. The summed E-state index contributed by atoms with van der Waals surface area (Å²) >= 11 is 0. The number of anilines is 2. The van der Waals surface area contributed by atoms with Gasteiger partial charge in [-0.2, -0.15) is 0 Å². The van der Waals surface area contributed by atoms with Crippen LogP contribution in [0.4, 0.5) is 11.4 Å². The van der Waals surface area contributed by atoms with Crippen LogP contribution in [0.3, 0.4) is 0 Å². The van der Waals surface area contributed by atoms with Crippen LogP contribution in [0.1, 0.15) is 118 Å². The smallest absolute Gasteiger partial charge is 0.465 e. The minimum absolute atomic E-state index is 0.171. The van der Waals surface area contributed by atoms with Crippen molar-refractivity contribution in [3.63, 3.8) is 0 Å². The number of likely N-dealkylation sites (tertiary alicyclic amines) is 1. The molecule has 0 aliphatic carbocycles. The Morgan fingerprint density at radius 3 is 1.70 bits per heavy atom. The number of hydrogen-bond donors (Lipinski definition) is 1. The average Bonchev–Trinajstić information content (AvgIpc) is 3.52. The van der Waals surface area contributed by atoms with Crippen molar-refractivity contribution in [2.24, 2.45) is 0 Å². The van der Waals surface area contributed by atoms with Crippen molar-refractivity contribution in [3.05, 3.63) is 70.5 Å². The van der Waals surface area contributed by atoms with Gasteiger partial charge in [0, 0.05) is 94.4 Å². The summed E-state index contributed by atoms with van der Waals surface area (Å²) in [4.78, 5) is 37.0. The van der Waals surface area contributed by atoms with Crippen LogP contribution in [0.5, 0.6) is 0 Å². The molecule has 0 unspecified atom stereocenters. The number of aromatic nitrogens is 1. The molecule has 3 aromatic rings. The normalized spacial score (nSPS) is 19.6. The molecule has 4 aliphatic rings. The fraction of sp³-hybridized carbons (Fsp3) is 0.612. The third-order valence-electron chi connectivity index (χ3n) is 13.8. The maximum Gasteiger partial charge on any atom is 0.494 e. The Morgan fingerprint density at radius 1 is 0.746 bits per heavy atom. The van der Waals surface area contributed by atoms with Crippen molar-refractivity contribution < 1.29 is 43.0 Å². The molecule has 0 bridgehead atoms. The van der Waals surface area contributed by atoms with Gasteiger partial charge < -0.3 is 43.2 Å². The fourth-order valence-electron chi connectivity index (χ4n) is 9.18. The van der Waals surface area contributed by atoms with Gasteiger partial charge in [-0.15, -0.1) is 0 Å². The number of ether oxygens (including phenoxy) is 4. The van der Waals surface area contributed by atoms with Crippen molar-refractivity contribution in [3.8, 4) is 11.1 Å². The third-order valence-corrected chi connectivity index (χ3v) is 13.8. The molecule has 4 fully saturated rings. The van der Waals surface area contributed by atoms with Gasteiger partial charge in [0.25, 0.3) is 0 Å². The molecule has 4 saturated heterocycles. The second-order valence-corrected chi connectivity index (χ2v) is 18.3. The molecule has 4 aliphatic heterocycles. The van der Waals surface area contributed by atoms with Crippen molar-refractivity contribution in [1.82, 2.24) is 9.88 Å². The fourth-order valence-corrected chi connectivity index (χ4v) is 9.18. The van der Waals surface area contributed by atoms with Crippen LogP contribution in [0.15, 0.2) is 42.6 Å². The number of aliphatic hydroxyl groups excluding tert-OH is 1. The first-order valence-corrected chi connectivity index (χ1v) is 23.0. The van der Waals surface area contributed by atoms with E-state index in [1.54, 1.807) is 0 Å². The van der Waals surface area contributed by atoms with Gasteiger partial charge in [0.1, 0.15) is 0 Å². The van der Waals surface area contributed by atoms with E-state index in [1.807, 2.05) is 59.9 Å². The zero-order valence-electron chi connectivity index (χ0n) is 39.5. The number of methoxy groups -OCH3 is 2. The van der Waals surface area contributed by atoms with Crippen LogP contribution < -0.4 is 15.3 Å². The number of benzene rings is 2. The Kier molecular flexibility index (Phi) is 16.4. The highest BCUT2D eigenvalue weighted by Crippen LogP contribution is 2.38. The molecule has 7 rings (SSSR count). The summed E-state index contributed by atoms with van der Waals surface area (Å²) in [6.07, 6.45) is 7.28. The van der Waals surface area contributed by atoms with E-state index < -0.39 is 18.3 Å². The molecule has 0 atom stereocenters. The minimum Gasteiger partial charge on any atom is -0.465 e. The first-order chi connectivity index (χ1) is 30.1. The first kappa shape index (κ1) is 48.4. The maximum absolute atomic E-state index is 12.7. The van der Waals surface area contributed by atoms with E-state index >= 15 is 0 Å². The summed E-state index contributed by atoms with van der Waals surface area (Å²) in [6, 6.07) is 13.0. The number of piperidine rings is 1. The molecule has 63 heavy (non-hydrogen) atoms. The van der Waals surface area contributed by atoms with E-state index in [2.05, 4.69) is 52.8 Å². The topological polar surface area (TPSA) is 132 Å². The van der Waals surface area contributed by atoms with Crippen LogP contribution in [0.25, 0.3) is 11.1 Å². The molecular weight excluding hydrogens is 799 g/mol. The van der Waals surface area contributed by atoms with Gasteiger partial charge in [-0.25, -0.2) is 9.59 Å². The second kappa shape index (κ2) is 21.3. The largest absolute Gasteiger partial charge is 0.494 e. The lowest BCUT2D eigenvalue weighted by Crippen LogP contribution is -2.42. The zero-order valence-corrected chi connectivity index (χ0v) is 39.5. The van der Waals surface area contributed by atoms with Gasteiger partial charge in [-0.3, -0.25) is 9.88 Å². The quantitative estimate of drug-likeness (QED) is 0.150. The number of pyridine rings is 1. The number of nitrogens with zero attached hydrogens (tertiary/aromatic N) is 4. The van der Waals surface area contributed by atoms with Crippen molar-refractivity contribution in [2.45, 2.75) is 130 Å². The van der Waals surface area contributed by atoms with Gasteiger partial charge in [-0.05, 0) is 146 Å². The summed E-state index contributed by atoms with van der Waals surface area (Å²) in [5, 5.41) is 9.73. The Labute approximate surface area is 375 Å². The van der Waals surface area contributed by atoms with E-state index in [1.165, 1.54) is 14.2 Å². The summed E-state index contributed by atoms with van der Waals surface area (Å²) in [7, 11) is 2.31. The van der Waals surface area contributed by atoms with Gasteiger partial charge in [-0.1, -0.05) is 6.07 Å². The molecule has 0 radical (unpaired) electrons. The maximum atomic E-state index is 12.7. The molecule has 13 nitrogen and oxygen atoms in total. The lowest BCUT2D eigenvalue weighted by Gasteiger charge is -2.37. The van der Waals surface area contributed by atoms with Gasteiger partial charge >= 0.3 is 19.1 Å². The van der Waals surface area contributed by atoms with E-state index in [-0.39, 0.29) is 18.0 Å². The number of esters is 2. The predicted molar refractivity (Wildman–Crippen MR) is 248 cm³/mol. The van der Waals surface area contributed by atoms with Crippen molar-refractivity contribution in [1.29, 1.82) is 0 Å². The predicted octanol–water partition coefficient (Wildman–Crippen LogP) is 6.89. The van der Waals surface area contributed by atoms with Crippen LogP contribution in [0.2, 0.25) is 0 Å². The summed E-state index contributed by atoms with van der Waals surface area (Å²) in [5.74, 6) is -0.661. The molecule has 0 amide bonds. The molecule has 0 spiro atoms. The van der Waals surface area contributed by atoms with Gasteiger partial charge in [0.15, 0.2) is 0 Å². The van der Waals surface area contributed by atoms with E-state index in [0.29, 0.717) is 23.2 Å². The monoisotopic (exact) mass is 871 g/mol. The van der Waals surface area contributed by atoms with Gasteiger partial charge in [0.2, 0.25) is 0 Å². The Hall–Kier alpha value is -4.05. The summed E-state index contributed by atoms with van der Waals surface area (Å²) in [6.45, 7) is 23.8. The van der Waals surface area contributed by atoms with E-state index in [0.717, 1.165) is 142 Å². The Balaban J connectivity index is 0.000000213.